The molecule has 2 aliphatic carbocycles. The lowest BCUT2D eigenvalue weighted by Crippen LogP contribution is -2.27. The van der Waals surface area contributed by atoms with Crippen molar-refractivity contribution >= 4 is 17.7 Å². The molecule has 2 saturated carbocycles. The number of carboxylic acid groups (broad SMARTS) is 1. The first kappa shape index (κ1) is 12.1. The van der Waals surface area contributed by atoms with Crippen molar-refractivity contribution in [3.63, 3.8) is 0 Å². The maximum absolute atomic E-state index is 12.2. The summed E-state index contributed by atoms with van der Waals surface area (Å²) in [6.07, 6.45) is 4.53. The molecule has 2 N–H and O–H groups in total. The van der Waals surface area contributed by atoms with E-state index >= 15 is 0 Å². The second kappa shape index (κ2) is 4.64. The number of nitrogens with one attached hydrogen (secondary N) is 1. The number of carbonyl (C=O) groups excluding carboxylic acids is 1. The van der Waals surface area contributed by atoms with E-state index in [1.54, 1.807) is 12.1 Å². The molecular formula is C14H16N2O3. The molecule has 0 aromatic carbocycles. The average molecular weight is 260 g/mol. The van der Waals surface area contributed by atoms with Gasteiger partial charge >= 0.3 is 5.97 Å². The van der Waals surface area contributed by atoms with Gasteiger partial charge in [-0.1, -0.05) is 12.5 Å². The number of hydrogen-bond donors (Lipinski definition) is 2. The van der Waals surface area contributed by atoms with E-state index in [9.17, 15) is 9.59 Å². The molecular weight excluding hydrogens is 244 g/mol. The minimum atomic E-state index is -1.09. The third kappa shape index (κ3) is 2.32. The second-order valence-corrected chi connectivity index (χ2v) is 5.48. The summed E-state index contributed by atoms with van der Waals surface area (Å²) in [7, 11) is 0. The highest BCUT2D eigenvalue weighted by atomic mass is 16.4. The van der Waals surface area contributed by atoms with Crippen LogP contribution in [0.4, 0.5) is 5.82 Å². The van der Waals surface area contributed by atoms with E-state index < -0.39 is 5.97 Å². The van der Waals surface area contributed by atoms with Crippen LogP contribution in [0, 0.1) is 17.8 Å². The van der Waals surface area contributed by atoms with E-state index in [0.717, 1.165) is 12.8 Å². The summed E-state index contributed by atoms with van der Waals surface area (Å²) >= 11 is 0. The number of aromatic carboxylic acids is 1. The number of nitrogens with zero attached hydrogens (tertiary/aromatic N) is 1. The van der Waals surface area contributed by atoms with Crippen LogP contribution < -0.4 is 5.32 Å². The summed E-state index contributed by atoms with van der Waals surface area (Å²) in [6.45, 7) is 0. The van der Waals surface area contributed by atoms with E-state index in [1.165, 1.54) is 18.9 Å². The molecule has 1 amide bonds. The molecule has 5 nitrogen and oxygen atoms in total. The molecule has 0 spiro atoms. The number of rotatable bonds is 3. The lowest BCUT2D eigenvalue weighted by atomic mass is 9.88. The number of fused-ring (bicyclic) bond motifs is 2. The first-order valence-electron chi connectivity index (χ1n) is 6.64. The summed E-state index contributed by atoms with van der Waals surface area (Å²) in [4.78, 5) is 26.9. The van der Waals surface area contributed by atoms with Crippen LogP contribution in [-0.4, -0.2) is 22.0 Å². The van der Waals surface area contributed by atoms with Gasteiger partial charge in [0.05, 0.1) is 0 Å². The highest BCUT2D eigenvalue weighted by Crippen LogP contribution is 2.48. The van der Waals surface area contributed by atoms with Gasteiger partial charge in [0.1, 0.15) is 5.82 Å². The van der Waals surface area contributed by atoms with Crippen LogP contribution in [-0.2, 0) is 4.79 Å². The maximum Gasteiger partial charge on any atom is 0.354 e. The van der Waals surface area contributed by atoms with Crippen molar-refractivity contribution < 1.29 is 14.7 Å². The predicted molar refractivity (Wildman–Crippen MR) is 68.8 cm³/mol. The number of aromatic nitrogens is 1. The highest BCUT2D eigenvalue weighted by molar-refractivity contribution is 5.93. The predicted octanol–water partition coefficient (Wildman–Crippen LogP) is 2.15. The van der Waals surface area contributed by atoms with Crippen LogP contribution in [0.25, 0.3) is 0 Å². The molecule has 19 heavy (non-hydrogen) atoms. The van der Waals surface area contributed by atoms with Gasteiger partial charge in [-0.25, -0.2) is 9.78 Å². The Morgan fingerprint density at radius 3 is 2.74 bits per heavy atom. The zero-order chi connectivity index (χ0) is 13.4. The third-order valence-electron chi connectivity index (χ3n) is 4.29. The van der Waals surface area contributed by atoms with Crippen LogP contribution in [0.2, 0.25) is 0 Å². The Hall–Kier alpha value is -1.91. The van der Waals surface area contributed by atoms with Gasteiger partial charge in [0.15, 0.2) is 5.69 Å². The minimum absolute atomic E-state index is 0.0118. The zero-order valence-electron chi connectivity index (χ0n) is 10.5. The standard InChI is InChI=1S/C14H16N2O3/c17-13(10-7-8-4-5-9(10)6-8)16-12-3-1-2-11(15-12)14(18)19/h1-3,8-10H,4-7H2,(H,18,19)(H,15,16,17). The fraction of sp³-hybridized carbons (Fsp3) is 0.500. The highest BCUT2D eigenvalue weighted by Gasteiger charge is 2.43. The fourth-order valence-electron chi connectivity index (χ4n) is 3.41. The van der Waals surface area contributed by atoms with Crippen LogP contribution in [0.15, 0.2) is 18.2 Å². The molecule has 3 unspecified atom stereocenters. The number of anilines is 1. The van der Waals surface area contributed by atoms with Crippen molar-refractivity contribution in [1.82, 2.24) is 4.98 Å². The number of amides is 1. The van der Waals surface area contributed by atoms with Gasteiger partial charge in [0.2, 0.25) is 5.91 Å². The quantitative estimate of drug-likeness (QED) is 0.872. The molecule has 2 aliphatic rings. The smallest absolute Gasteiger partial charge is 0.354 e. The summed E-state index contributed by atoms with van der Waals surface area (Å²) in [5.74, 6) is 0.520. The molecule has 5 heteroatoms. The number of hydrogen-bond acceptors (Lipinski definition) is 3. The molecule has 0 aliphatic heterocycles. The lowest BCUT2D eigenvalue weighted by Gasteiger charge is -2.20. The Labute approximate surface area is 111 Å². The molecule has 2 bridgehead atoms. The molecule has 1 heterocycles. The molecule has 100 valence electrons. The largest absolute Gasteiger partial charge is 0.477 e. The molecule has 1 aromatic heterocycles. The van der Waals surface area contributed by atoms with Gasteiger partial charge in [-0.15, -0.1) is 0 Å². The zero-order valence-corrected chi connectivity index (χ0v) is 10.5. The number of carbonyl (C=O) groups is 2. The van der Waals surface area contributed by atoms with E-state index in [1.807, 2.05) is 0 Å². The van der Waals surface area contributed by atoms with Gasteiger partial charge < -0.3 is 10.4 Å². The van der Waals surface area contributed by atoms with Crippen LogP contribution in [0.3, 0.4) is 0 Å². The van der Waals surface area contributed by atoms with Gasteiger partial charge in [-0.3, -0.25) is 4.79 Å². The second-order valence-electron chi connectivity index (χ2n) is 5.48. The van der Waals surface area contributed by atoms with Gasteiger partial charge in [-0.2, -0.15) is 0 Å². The van der Waals surface area contributed by atoms with Crippen LogP contribution in [0.5, 0.6) is 0 Å². The first-order chi connectivity index (χ1) is 9.13. The van der Waals surface area contributed by atoms with E-state index in [-0.39, 0.29) is 17.5 Å². The molecule has 2 fully saturated rings. The van der Waals surface area contributed by atoms with Crippen molar-refractivity contribution in [3.05, 3.63) is 23.9 Å². The van der Waals surface area contributed by atoms with Crippen molar-refractivity contribution in [2.24, 2.45) is 17.8 Å². The van der Waals surface area contributed by atoms with Gasteiger partial charge in [-0.05, 0) is 43.2 Å². The van der Waals surface area contributed by atoms with E-state index in [2.05, 4.69) is 10.3 Å². The monoisotopic (exact) mass is 260 g/mol. The number of pyridine rings is 1. The minimum Gasteiger partial charge on any atom is -0.477 e. The van der Waals surface area contributed by atoms with Crippen molar-refractivity contribution in [3.8, 4) is 0 Å². The molecule has 1 aromatic rings. The SMILES string of the molecule is O=C(O)c1cccc(NC(=O)C2CC3CCC2C3)n1. The molecule has 0 saturated heterocycles. The van der Waals surface area contributed by atoms with E-state index in [0.29, 0.717) is 17.7 Å². The summed E-state index contributed by atoms with van der Waals surface area (Å²) in [6, 6.07) is 4.62. The van der Waals surface area contributed by atoms with Crippen molar-refractivity contribution in [1.29, 1.82) is 0 Å². The molecule has 0 radical (unpaired) electrons. The Morgan fingerprint density at radius 1 is 1.26 bits per heavy atom. The number of carboxylic acids is 1. The Kier molecular flexibility index (Phi) is 2.97. The van der Waals surface area contributed by atoms with Gasteiger partial charge in [0, 0.05) is 5.92 Å². The van der Waals surface area contributed by atoms with Crippen LogP contribution in [0.1, 0.15) is 36.2 Å². The summed E-state index contributed by atoms with van der Waals surface area (Å²) in [5, 5.41) is 11.6. The summed E-state index contributed by atoms with van der Waals surface area (Å²) in [5.41, 5.74) is -0.0502. The lowest BCUT2D eigenvalue weighted by molar-refractivity contribution is -0.121. The van der Waals surface area contributed by atoms with E-state index in [4.69, 9.17) is 5.11 Å². The fourth-order valence-corrected chi connectivity index (χ4v) is 3.41. The van der Waals surface area contributed by atoms with Crippen molar-refractivity contribution in [2.75, 3.05) is 5.32 Å². The normalized spacial score (nSPS) is 28.3. The molecule has 3 atom stereocenters. The Morgan fingerprint density at radius 2 is 2.11 bits per heavy atom. The van der Waals surface area contributed by atoms with Crippen LogP contribution >= 0.6 is 0 Å². The van der Waals surface area contributed by atoms with Crippen molar-refractivity contribution in [2.45, 2.75) is 25.7 Å². The Bertz CT molecular complexity index is 529. The molecule has 3 rings (SSSR count). The maximum atomic E-state index is 12.2. The average Bonchev–Trinajstić information content (AvgIpc) is 3.01. The third-order valence-corrected chi connectivity index (χ3v) is 4.29. The summed E-state index contributed by atoms with van der Waals surface area (Å²) < 4.78 is 0. The Balaban J connectivity index is 1.69. The first-order valence-corrected chi connectivity index (χ1v) is 6.64. The topological polar surface area (TPSA) is 79.3 Å². The van der Waals surface area contributed by atoms with Gasteiger partial charge in [0.25, 0.3) is 0 Å².